The Hall–Kier alpha value is -0.500. The van der Waals surface area contributed by atoms with Gasteiger partial charge in [-0.3, -0.25) is 0 Å². The molecule has 0 bridgehead atoms. The maximum absolute atomic E-state index is 9.55. The van der Waals surface area contributed by atoms with E-state index >= 15 is 0 Å². The third kappa shape index (κ3) is 2.75. The summed E-state index contributed by atoms with van der Waals surface area (Å²) in [4.78, 5) is 0. The highest BCUT2D eigenvalue weighted by Gasteiger charge is 2.42. The Bertz CT molecular complexity index is 211. The average molecular weight is 219 g/mol. The zero-order valence-electron chi connectivity index (χ0n) is 8.32. The van der Waals surface area contributed by atoms with Crippen LogP contribution < -0.4 is 5.73 Å². The number of ether oxygens (including phenoxy) is 2. The molecule has 15 heavy (non-hydrogen) atoms. The van der Waals surface area contributed by atoms with Crippen LogP contribution in [0.5, 0.6) is 0 Å². The highest BCUT2D eigenvalue weighted by Crippen LogP contribution is 2.20. The van der Waals surface area contributed by atoms with E-state index in [9.17, 15) is 10.2 Å². The first-order chi connectivity index (χ1) is 7.11. The first-order valence-electron chi connectivity index (χ1n) is 4.72. The van der Waals surface area contributed by atoms with Crippen molar-refractivity contribution in [1.29, 1.82) is 0 Å². The van der Waals surface area contributed by atoms with Crippen LogP contribution in [0.15, 0.2) is 12.7 Å². The van der Waals surface area contributed by atoms with Crippen molar-refractivity contribution in [2.24, 2.45) is 5.73 Å². The zero-order valence-corrected chi connectivity index (χ0v) is 8.32. The molecule has 6 nitrogen and oxygen atoms in total. The van der Waals surface area contributed by atoms with Gasteiger partial charge in [-0.2, -0.15) is 0 Å². The van der Waals surface area contributed by atoms with E-state index in [4.69, 9.17) is 20.3 Å². The Morgan fingerprint density at radius 2 is 2.07 bits per heavy atom. The fourth-order valence-electron chi connectivity index (χ4n) is 1.42. The van der Waals surface area contributed by atoms with Crippen molar-refractivity contribution in [2.75, 3.05) is 13.2 Å². The molecule has 0 spiro atoms. The van der Waals surface area contributed by atoms with Crippen LogP contribution in [0, 0.1) is 0 Å². The summed E-state index contributed by atoms with van der Waals surface area (Å²) in [6.45, 7) is 3.28. The van der Waals surface area contributed by atoms with E-state index in [1.807, 2.05) is 0 Å². The molecule has 0 aromatic heterocycles. The monoisotopic (exact) mass is 219 g/mol. The normalized spacial score (nSPS) is 41.5. The second-order valence-electron chi connectivity index (χ2n) is 3.41. The summed E-state index contributed by atoms with van der Waals surface area (Å²) in [5.41, 5.74) is 5.59. The smallest absolute Gasteiger partial charge is 0.176 e. The number of aliphatic hydroxyl groups excluding tert-OH is 3. The second kappa shape index (κ2) is 5.55. The molecule has 1 aliphatic heterocycles. The van der Waals surface area contributed by atoms with Crippen molar-refractivity contribution >= 4 is 0 Å². The summed E-state index contributed by atoms with van der Waals surface area (Å²) in [6, 6.07) is -0.845. The Kier molecular flexibility index (Phi) is 4.65. The molecule has 5 atom stereocenters. The number of aliphatic hydroxyl groups is 3. The van der Waals surface area contributed by atoms with Crippen molar-refractivity contribution in [3.05, 3.63) is 12.7 Å². The lowest BCUT2D eigenvalue weighted by Crippen LogP contribution is -2.62. The molecule has 5 N–H and O–H groups in total. The molecule has 0 aromatic rings. The maximum atomic E-state index is 9.55. The quantitative estimate of drug-likeness (QED) is 0.406. The predicted octanol–water partition coefficient (Wildman–Crippen LogP) is -2.04. The number of rotatable bonds is 4. The van der Waals surface area contributed by atoms with Gasteiger partial charge in [-0.1, -0.05) is 6.08 Å². The standard InChI is InChI=1S/C9H17NO5/c1-2-3-14-9-6(10)8(13)7(12)5(4-11)15-9/h2,5-9,11-13H,1,3-4,10H2/t5?,6?,7-,8+,9+/m0/s1. The zero-order chi connectivity index (χ0) is 11.4. The summed E-state index contributed by atoms with van der Waals surface area (Å²) in [6.07, 6.45) is -2.59. The molecule has 0 aliphatic carbocycles. The summed E-state index contributed by atoms with van der Waals surface area (Å²) >= 11 is 0. The van der Waals surface area contributed by atoms with E-state index in [2.05, 4.69) is 6.58 Å². The highest BCUT2D eigenvalue weighted by atomic mass is 16.7. The summed E-state index contributed by atoms with van der Waals surface area (Å²) in [7, 11) is 0. The van der Waals surface area contributed by atoms with Gasteiger partial charge < -0.3 is 30.5 Å². The lowest BCUT2D eigenvalue weighted by Gasteiger charge is -2.40. The van der Waals surface area contributed by atoms with Crippen LogP contribution >= 0.6 is 0 Å². The van der Waals surface area contributed by atoms with Crippen LogP contribution in [0.1, 0.15) is 0 Å². The molecule has 1 aliphatic rings. The summed E-state index contributed by atoms with van der Waals surface area (Å²) in [5, 5.41) is 27.9. The molecule has 0 amide bonds. The number of hydrogen-bond acceptors (Lipinski definition) is 6. The minimum absolute atomic E-state index is 0.222. The van der Waals surface area contributed by atoms with E-state index in [0.29, 0.717) is 0 Å². The van der Waals surface area contributed by atoms with Gasteiger partial charge in [-0.25, -0.2) is 0 Å². The molecule has 0 saturated carbocycles. The second-order valence-corrected chi connectivity index (χ2v) is 3.41. The van der Waals surface area contributed by atoms with E-state index in [-0.39, 0.29) is 6.61 Å². The van der Waals surface area contributed by atoms with E-state index in [1.165, 1.54) is 6.08 Å². The fraction of sp³-hybridized carbons (Fsp3) is 0.778. The topological polar surface area (TPSA) is 105 Å². The molecule has 1 heterocycles. The molecular formula is C9H17NO5. The Morgan fingerprint density at radius 1 is 1.40 bits per heavy atom. The van der Waals surface area contributed by atoms with Gasteiger partial charge >= 0.3 is 0 Å². The van der Waals surface area contributed by atoms with Gasteiger partial charge in [0.1, 0.15) is 18.3 Å². The predicted molar refractivity (Wildman–Crippen MR) is 51.9 cm³/mol. The minimum atomic E-state index is -1.20. The Labute approximate surface area is 87.9 Å². The van der Waals surface area contributed by atoms with Gasteiger partial charge in [0.2, 0.25) is 0 Å². The third-order valence-corrected chi connectivity index (χ3v) is 2.31. The van der Waals surface area contributed by atoms with Gasteiger partial charge in [-0.05, 0) is 0 Å². The molecular weight excluding hydrogens is 202 g/mol. The fourth-order valence-corrected chi connectivity index (χ4v) is 1.42. The number of nitrogens with two attached hydrogens (primary N) is 1. The van der Waals surface area contributed by atoms with Crippen molar-refractivity contribution in [3.8, 4) is 0 Å². The van der Waals surface area contributed by atoms with Crippen LogP contribution in [0.25, 0.3) is 0 Å². The van der Waals surface area contributed by atoms with Crippen LogP contribution in [0.3, 0.4) is 0 Å². The van der Waals surface area contributed by atoms with Gasteiger partial charge in [-0.15, -0.1) is 6.58 Å². The lowest BCUT2D eigenvalue weighted by atomic mass is 9.98. The van der Waals surface area contributed by atoms with Gasteiger partial charge in [0.15, 0.2) is 6.29 Å². The van der Waals surface area contributed by atoms with Gasteiger partial charge in [0, 0.05) is 0 Å². The lowest BCUT2D eigenvalue weighted by molar-refractivity contribution is -0.262. The molecule has 6 heteroatoms. The van der Waals surface area contributed by atoms with Crippen molar-refractivity contribution in [1.82, 2.24) is 0 Å². The largest absolute Gasteiger partial charge is 0.394 e. The van der Waals surface area contributed by atoms with Crippen LogP contribution in [0.2, 0.25) is 0 Å². The van der Waals surface area contributed by atoms with Crippen molar-refractivity contribution in [2.45, 2.75) is 30.6 Å². The Balaban J connectivity index is 2.60. The molecule has 88 valence electrons. The number of hydrogen-bond donors (Lipinski definition) is 4. The van der Waals surface area contributed by atoms with Crippen molar-refractivity contribution in [3.63, 3.8) is 0 Å². The average Bonchev–Trinajstić information content (AvgIpc) is 2.25. The summed E-state index contributed by atoms with van der Waals surface area (Å²) in [5.74, 6) is 0. The van der Waals surface area contributed by atoms with E-state index < -0.39 is 37.3 Å². The molecule has 2 unspecified atom stereocenters. The molecule has 1 rings (SSSR count). The first kappa shape index (κ1) is 12.6. The maximum Gasteiger partial charge on any atom is 0.176 e. The molecule has 0 aromatic carbocycles. The first-order valence-corrected chi connectivity index (χ1v) is 4.72. The minimum Gasteiger partial charge on any atom is -0.394 e. The Morgan fingerprint density at radius 3 is 2.60 bits per heavy atom. The van der Waals surface area contributed by atoms with Crippen LogP contribution in [0.4, 0.5) is 0 Å². The summed E-state index contributed by atoms with van der Waals surface area (Å²) < 4.78 is 10.3. The third-order valence-electron chi connectivity index (χ3n) is 2.31. The molecule has 1 fully saturated rings. The molecule has 1 saturated heterocycles. The molecule has 0 radical (unpaired) electrons. The SMILES string of the molecule is C=CCO[C@@H]1OC(CO)[C@H](O)[C@H](O)C1N. The van der Waals surface area contributed by atoms with Gasteiger partial charge in [0.25, 0.3) is 0 Å². The van der Waals surface area contributed by atoms with Crippen LogP contribution in [-0.2, 0) is 9.47 Å². The van der Waals surface area contributed by atoms with E-state index in [0.717, 1.165) is 0 Å². The van der Waals surface area contributed by atoms with Crippen molar-refractivity contribution < 1.29 is 24.8 Å². The van der Waals surface area contributed by atoms with Gasteiger partial charge in [0.05, 0.1) is 19.3 Å². The van der Waals surface area contributed by atoms with Crippen LogP contribution in [-0.4, -0.2) is 59.2 Å². The van der Waals surface area contributed by atoms with E-state index in [1.54, 1.807) is 0 Å². The highest BCUT2D eigenvalue weighted by molar-refractivity contribution is 4.91.